The van der Waals surface area contributed by atoms with Gasteiger partial charge in [0.25, 0.3) is 0 Å². The van der Waals surface area contributed by atoms with Crippen molar-refractivity contribution < 1.29 is 13.6 Å². The average molecular weight is 317 g/mol. The van der Waals surface area contributed by atoms with Gasteiger partial charge < -0.3 is 0 Å². The van der Waals surface area contributed by atoms with Gasteiger partial charge in [-0.15, -0.1) is 11.3 Å². The fraction of sp³-hybridized carbons (Fsp3) is 0.0833. The van der Waals surface area contributed by atoms with E-state index >= 15 is 0 Å². The summed E-state index contributed by atoms with van der Waals surface area (Å²) in [6, 6.07) is 4.99. The summed E-state index contributed by atoms with van der Waals surface area (Å²) >= 11 is 4.54. The highest BCUT2D eigenvalue weighted by Gasteiger charge is 2.14. The van der Waals surface area contributed by atoms with E-state index in [0.717, 1.165) is 12.1 Å². The first kappa shape index (κ1) is 12.4. The summed E-state index contributed by atoms with van der Waals surface area (Å²) in [7, 11) is 0. The molecule has 88 valence electrons. The topological polar surface area (TPSA) is 17.1 Å². The number of hydrogen-bond donors (Lipinski definition) is 0. The molecule has 0 saturated heterocycles. The highest BCUT2D eigenvalue weighted by Crippen LogP contribution is 2.24. The second-order valence-electron chi connectivity index (χ2n) is 3.43. The number of hydrogen-bond acceptors (Lipinski definition) is 2. The molecule has 1 aromatic heterocycles. The predicted molar refractivity (Wildman–Crippen MR) is 66.4 cm³/mol. The number of Topliss-reactive ketones (excluding diaryl/α,β-unsaturated/α-hetero) is 1. The first-order valence-electron chi connectivity index (χ1n) is 4.78. The maximum absolute atomic E-state index is 13.4. The molecule has 0 bridgehead atoms. The third-order valence-corrected chi connectivity index (χ3v) is 4.12. The Morgan fingerprint density at radius 1 is 1.29 bits per heavy atom. The summed E-state index contributed by atoms with van der Waals surface area (Å²) in [5, 5.41) is 1.78. The molecule has 2 rings (SSSR count). The summed E-state index contributed by atoms with van der Waals surface area (Å²) < 4.78 is 26.7. The molecular formula is C12H7BrF2OS. The SMILES string of the molecule is O=C(Cc1ccc(F)cc1F)c1sccc1Br. The first-order chi connectivity index (χ1) is 8.08. The number of rotatable bonds is 3. The van der Waals surface area contributed by atoms with Gasteiger partial charge in [0.1, 0.15) is 11.6 Å². The fourth-order valence-corrected chi connectivity index (χ4v) is 2.94. The lowest BCUT2D eigenvalue weighted by Gasteiger charge is -2.02. The highest BCUT2D eigenvalue weighted by molar-refractivity contribution is 9.10. The van der Waals surface area contributed by atoms with Crippen molar-refractivity contribution in [3.05, 3.63) is 56.2 Å². The van der Waals surface area contributed by atoms with Crippen LogP contribution in [-0.4, -0.2) is 5.78 Å². The van der Waals surface area contributed by atoms with Gasteiger partial charge >= 0.3 is 0 Å². The number of carbonyl (C=O) groups excluding carboxylic acids is 1. The Morgan fingerprint density at radius 3 is 2.65 bits per heavy atom. The van der Waals surface area contributed by atoms with Crippen LogP contribution in [0.3, 0.4) is 0 Å². The van der Waals surface area contributed by atoms with Crippen LogP contribution in [0.5, 0.6) is 0 Å². The molecule has 0 aliphatic carbocycles. The number of halogens is 3. The molecule has 1 nitrogen and oxygen atoms in total. The molecule has 0 atom stereocenters. The zero-order valence-electron chi connectivity index (χ0n) is 8.54. The maximum atomic E-state index is 13.4. The molecule has 0 amide bonds. The van der Waals surface area contributed by atoms with Gasteiger partial charge in [0.15, 0.2) is 5.78 Å². The minimum atomic E-state index is -0.689. The first-order valence-corrected chi connectivity index (χ1v) is 6.45. The lowest BCUT2D eigenvalue weighted by atomic mass is 10.1. The van der Waals surface area contributed by atoms with Gasteiger partial charge in [0, 0.05) is 17.0 Å². The smallest absolute Gasteiger partial charge is 0.178 e. The standard InChI is InChI=1S/C12H7BrF2OS/c13-9-3-4-17-12(9)11(16)5-7-1-2-8(14)6-10(7)15/h1-4,6H,5H2. The van der Waals surface area contributed by atoms with Crippen molar-refractivity contribution >= 4 is 33.0 Å². The third kappa shape index (κ3) is 2.79. The van der Waals surface area contributed by atoms with E-state index in [1.807, 2.05) is 0 Å². The largest absolute Gasteiger partial charge is 0.293 e. The molecule has 0 unspecified atom stereocenters. The quantitative estimate of drug-likeness (QED) is 0.775. The van der Waals surface area contributed by atoms with E-state index in [-0.39, 0.29) is 17.8 Å². The van der Waals surface area contributed by atoms with Gasteiger partial charge in [-0.1, -0.05) is 6.07 Å². The molecular weight excluding hydrogens is 310 g/mol. The van der Waals surface area contributed by atoms with Crippen molar-refractivity contribution in [3.8, 4) is 0 Å². The number of thiophene rings is 1. The van der Waals surface area contributed by atoms with Crippen molar-refractivity contribution in [2.45, 2.75) is 6.42 Å². The monoisotopic (exact) mass is 316 g/mol. The van der Waals surface area contributed by atoms with E-state index in [9.17, 15) is 13.6 Å². The van der Waals surface area contributed by atoms with E-state index in [4.69, 9.17) is 0 Å². The Labute approximate surface area is 109 Å². The fourth-order valence-electron chi connectivity index (χ4n) is 1.41. The average Bonchev–Trinajstić information content (AvgIpc) is 2.68. The molecule has 0 fully saturated rings. The summed E-state index contributed by atoms with van der Waals surface area (Å²) in [5.41, 5.74) is 0.205. The molecule has 1 aromatic carbocycles. The van der Waals surface area contributed by atoms with Crippen LogP contribution >= 0.6 is 27.3 Å². The van der Waals surface area contributed by atoms with Crippen LogP contribution in [0.15, 0.2) is 34.1 Å². The summed E-state index contributed by atoms with van der Waals surface area (Å²) in [6.45, 7) is 0. The van der Waals surface area contributed by atoms with Crippen LogP contribution in [0.2, 0.25) is 0 Å². The van der Waals surface area contributed by atoms with Crippen molar-refractivity contribution in [2.24, 2.45) is 0 Å². The van der Waals surface area contributed by atoms with Crippen LogP contribution in [-0.2, 0) is 6.42 Å². The maximum Gasteiger partial charge on any atom is 0.178 e. The Morgan fingerprint density at radius 2 is 2.06 bits per heavy atom. The number of carbonyl (C=O) groups is 1. The normalized spacial score (nSPS) is 10.5. The van der Waals surface area contributed by atoms with Gasteiger partial charge in [0.05, 0.1) is 4.88 Å². The van der Waals surface area contributed by atoms with Crippen molar-refractivity contribution in [2.75, 3.05) is 0 Å². The lowest BCUT2D eigenvalue weighted by Crippen LogP contribution is -2.04. The molecule has 17 heavy (non-hydrogen) atoms. The predicted octanol–water partition coefficient (Wildman–Crippen LogP) is 4.21. The summed E-state index contributed by atoms with van der Waals surface area (Å²) in [6.07, 6.45) is -0.0643. The van der Waals surface area contributed by atoms with Crippen LogP contribution in [0.1, 0.15) is 15.2 Å². The molecule has 0 saturated carbocycles. The van der Waals surface area contributed by atoms with Gasteiger partial charge in [-0.25, -0.2) is 8.78 Å². The molecule has 0 spiro atoms. The van der Waals surface area contributed by atoms with E-state index in [2.05, 4.69) is 15.9 Å². The molecule has 2 aromatic rings. The molecule has 0 N–H and O–H groups in total. The molecule has 0 radical (unpaired) electrons. The second-order valence-corrected chi connectivity index (χ2v) is 5.20. The summed E-state index contributed by atoms with van der Waals surface area (Å²) in [4.78, 5) is 12.4. The van der Waals surface area contributed by atoms with Crippen LogP contribution < -0.4 is 0 Å². The van der Waals surface area contributed by atoms with Gasteiger partial charge in [-0.2, -0.15) is 0 Å². The highest BCUT2D eigenvalue weighted by atomic mass is 79.9. The zero-order valence-corrected chi connectivity index (χ0v) is 10.9. The lowest BCUT2D eigenvalue weighted by molar-refractivity contribution is 0.0995. The molecule has 0 aliphatic rings. The second kappa shape index (κ2) is 5.06. The Bertz CT molecular complexity index is 565. The molecule has 1 heterocycles. The van der Waals surface area contributed by atoms with Gasteiger partial charge in [-0.3, -0.25) is 4.79 Å². The number of benzene rings is 1. The third-order valence-electron chi connectivity index (χ3n) is 2.24. The van der Waals surface area contributed by atoms with Crippen LogP contribution in [0, 0.1) is 11.6 Å². The van der Waals surface area contributed by atoms with E-state index in [1.54, 1.807) is 11.4 Å². The van der Waals surface area contributed by atoms with E-state index < -0.39 is 11.6 Å². The summed E-state index contributed by atoms with van der Waals surface area (Å²) in [5.74, 6) is -1.51. The minimum Gasteiger partial charge on any atom is -0.293 e. The Hall–Kier alpha value is -1.07. The minimum absolute atomic E-state index is 0.0643. The molecule has 0 aliphatic heterocycles. The Balaban J connectivity index is 2.22. The Kier molecular flexibility index (Phi) is 3.69. The van der Waals surface area contributed by atoms with Crippen LogP contribution in [0.25, 0.3) is 0 Å². The van der Waals surface area contributed by atoms with Crippen molar-refractivity contribution in [1.29, 1.82) is 0 Å². The zero-order chi connectivity index (χ0) is 12.4. The van der Waals surface area contributed by atoms with Gasteiger partial charge in [0.2, 0.25) is 0 Å². The van der Waals surface area contributed by atoms with Gasteiger partial charge in [-0.05, 0) is 39.0 Å². The van der Waals surface area contributed by atoms with E-state index in [0.29, 0.717) is 9.35 Å². The van der Waals surface area contributed by atoms with E-state index in [1.165, 1.54) is 17.4 Å². The number of ketones is 1. The molecule has 5 heteroatoms. The van der Waals surface area contributed by atoms with Crippen molar-refractivity contribution in [3.63, 3.8) is 0 Å². The van der Waals surface area contributed by atoms with Crippen LogP contribution in [0.4, 0.5) is 8.78 Å². The van der Waals surface area contributed by atoms with Crippen molar-refractivity contribution in [1.82, 2.24) is 0 Å².